The Kier molecular flexibility index (Phi) is 25.2. The zero-order valence-corrected chi connectivity index (χ0v) is 49.4. The van der Waals surface area contributed by atoms with Gasteiger partial charge < -0.3 is 62.5 Å². The smallest absolute Gasteiger partial charge is 0.303 e. The first kappa shape index (κ1) is 66.9. The van der Waals surface area contributed by atoms with Crippen molar-refractivity contribution in [1.29, 1.82) is 0 Å². The number of hydrogen-bond acceptors (Lipinski definition) is 12. The molecular formula is C60H86N10O14. The number of amides is 10. The number of aliphatic carboxylic acids is 2. The van der Waals surface area contributed by atoms with Crippen molar-refractivity contribution in [2.45, 2.75) is 193 Å². The molecule has 5 rings (SSSR count). The Morgan fingerprint density at radius 3 is 1.05 bits per heavy atom. The summed E-state index contributed by atoms with van der Waals surface area (Å²) in [6.45, 7) is 13.9. The molecule has 0 aromatic heterocycles. The molecule has 3 aliphatic rings. The van der Waals surface area contributed by atoms with Crippen molar-refractivity contribution >= 4 is 71.0 Å². The van der Waals surface area contributed by atoms with E-state index in [0.717, 1.165) is 0 Å². The van der Waals surface area contributed by atoms with E-state index in [4.69, 9.17) is 0 Å². The van der Waals surface area contributed by atoms with Crippen LogP contribution in [0.3, 0.4) is 0 Å². The molecule has 0 unspecified atom stereocenters. The van der Waals surface area contributed by atoms with Gasteiger partial charge in [-0.15, -0.1) is 0 Å². The average molecular weight is 1170 g/mol. The summed E-state index contributed by atoms with van der Waals surface area (Å²) >= 11 is 0. The Labute approximate surface area is 490 Å². The second-order valence-corrected chi connectivity index (χ2v) is 23.7. The highest BCUT2D eigenvalue weighted by Crippen LogP contribution is 2.24. The normalized spacial score (nSPS) is 26.1. The van der Waals surface area contributed by atoms with Gasteiger partial charge in [-0.1, -0.05) is 116 Å². The van der Waals surface area contributed by atoms with E-state index in [1.54, 1.807) is 116 Å². The standard InChI is InChI=1S/C60H86N10O14/c1-33(2)29-41-53(77)65-43(31-37-17-11-9-12-18-37)59(83)69-27-15-21-45(69)55(79)68-50(36(7)8)58(82)62-40(24-26-48(73)74)52(76)64-42(30-34(3)4)54(78)66-44(32-38-19-13-10-14-20-38)60(84)70-28-16-22-46(70)56(80)67-49(35(5)6)57(81)61-39(51(75)63-41)23-25-47(71)72/h9-14,17-20,33-36,39-46,49-50H,15-16,21-32H2,1-8H3,(H,61,81)(H,62,82)(H,63,75)(H,64,76)(H,65,77)(H,66,78)(H,67,80)(H,68,79)(H,71,72)(H,73,74)/t39-,40-,41-,42-,43+,44+,45-,46-,49-,50-/m0/s1. The molecule has 3 aliphatic heterocycles. The number of fused-ring (bicyclic) bond motifs is 2. The fraction of sp³-hybridized carbons (Fsp3) is 0.600. The van der Waals surface area contributed by atoms with Gasteiger partial charge in [0.05, 0.1) is 0 Å². The highest BCUT2D eigenvalue weighted by molar-refractivity contribution is 6.00. The van der Waals surface area contributed by atoms with Gasteiger partial charge in [-0.2, -0.15) is 0 Å². The highest BCUT2D eigenvalue weighted by Gasteiger charge is 2.43. The van der Waals surface area contributed by atoms with Gasteiger partial charge in [-0.3, -0.25) is 57.5 Å². The summed E-state index contributed by atoms with van der Waals surface area (Å²) in [6.07, 6.45) is -1.09. The Hall–Kier alpha value is -7.92. The molecule has 460 valence electrons. The lowest BCUT2D eigenvalue weighted by Gasteiger charge is -2.33. The van der Waals surface area contributed by atoms with Gasteiger partial charge in [-0.05, 0) is 86.2 Å². The van der Waals surface area contributed by atoms with Crippen LogP contribution in [0.25, 0.3) is 0 Å². The molecule has 0 spiro atoms. The molecule has 10 N–H and O–H groups in total. The molecule has 0 radical (unpaired) electrons. The molecule has 2 aromatic carbocycles. The third kappa shape index (κ3) is 19.6. The van der Waals surface area contributed by atoms with Crippen LogP contribution in [0, 0.1) is 23.7 Å². The predicted octanol–water partition coefficient (Wildman–Crippen LogP) is 1.48. The van der Waals surface area contributed by atoms with Crippen molar-refractivity contribution in [3.05, 3.63) is 71.8 Å². The van der Waals surface area contributed by atoms with Gasteiger partial charge in [0.2, 0.25) is 59.1 Å². The maximum absolute atomic E-state index is 14.9. The average Bonchev–Trinajstić information content (AvgIpc) is 4.20. The summed E-state index contributed by atoms with van der Waals surface area (Å²) < 4.78 is 0. The number of carbonyl (C=O) groups is 12. The minimum Gasteiger partial charge on any atom is -0.481 e. The highest BCUT2D eigenvalue weighted by atomic mass is 16.4. The molecule has 24 nitrogen and oxygen atoms in total. The van der Waals surface area contributed by atoms with Gasteiger partial charge in [0.15, 0.2) is 0 Å². The molecule has 0 aliphatic carbocycles. The van der Waals surface area contributed by atoms with Crippen LogP contribution in [0.4, 0.5) is 0 Å². The van der Waals surface area contributed by atoms with Crippen LogP contribution in [-0.4, -0.2) is 165 Å². The molecule has 3 saturated heterocycles. The molecule has 84 heavy (non-hydrogen) atoms. The second-order valence-electron chi connectivity index (χ2n) is 23.7. The topological polar surface area (TPSA) is 348 Å². The van der Waals surface area contributed by atoms with Crippen molar-refractivity contribution in [2.24, 2.45) is 23.7 Å². The van der Waals surface area contributed by atoms with Crippen molar-refractivity contribution in [3.63, 3.8) is 0 Å². The number of carboxylic acids is 2. The number of nitrogens with one attached hydrogen (secondary N) is 8. The fourth-order valence-corrected chi connectivity index (χ4v) is 10.8. The molecule has 0 bridgehead atoms. The van der Waals surface area contributed by atoms with Crippen molar-refractivity contribution < 1.29 is 67.7 Å². The maximum atomic E-state index is 14.9. The van der Waals surface area contributed by atoms with E-state index in [1.165, 1.54) is 9.80 Å². The zero-order valence-electron chi connectivity index (χ0n) is 49.4. The van der Waals surface area contributed by atoms with E-state index >= 15 is 0 Å². The molecule has 2 aromatic rings. The first-order valence-corrected chi connectivity index (χ1v) is 29.3. The fourth-order valence-electron chi connectivity index (χ4n) is 10.8. The van der Waals surface area contributed by atoms with Crippen molar-refractivity contribution in [1.82, 2.24) is 52.3 Å². The van der Waals surface area contributed by atoms with Crippen LogP contribution in [0.5, 0.6) is 0 Å². The molecule has 3 fully saturated rings. The number of rotatable bonds is 16. The third-order valence-electron chi connectivity index (χ3n) is 15.2. The predicted molar refractivity (Wildman–Crippen MR) is 308 cm³/mol. The molecule has 3 heterocycles. The summed E-state index contributed by atoms with van der Waals surface area (Å²) in [5.41, 5.74) is 1.27. The summed E-state index contributed by atoms with van der Waals surface area (Å²) in [4.78, 5) is 172. The number of benzene rings is 2. The van der Waals surface area contributed by atoms with Crippen LogP contribution >= 0.6 is 0 Å². The van der Waals surface area contributed by atoms with E-state index in [-0.39, 0.29) is 63.5 Å². The Balaban J connectivity index is 1.60. The minimum atomic E-state index is -1.55. The van der Waals surface area contributed by atoms with Crippen LogP contribution < -0.4 is 42.5 Å². The Morgan fingerprint density at radius 1 is 0.429 bits per heavy atom. The van der Waals surface area contributed by atoms with Gasteiger partial charge >= 0.3 is 11.9 Å². The summed E-state index contributed by atoms with van der Waals surface area (Å²) in [7, 11) is 0. The molecule has 24 heteroatoms. The van der Waals surface area contributed by atoms with Crippen molar-refractivity contribution in [3.8, 4) is 0 Å². The Morgan fingerprint density at radius 2 is 0.738 bits per heavy atom. The van der Waals surface area contributed by atoms with Gasteiger partial charge in [0, 0.05) is 38.8 Å². The van der Waals surface area contributed by atoms with E-state index in [2.05, 4.69) is 42.5 Å². The largest absolute Gasteiger partial charge is 0.481 e. The lowest BCUT2D eigenvalue weighted by atomic mass is 9.99. The SMILES string of the molecule is CC(C)C[C@@H]1NC(=O)[C@H](CCC(=O)O)NC(=O)[C@H](C(C)C)NC(=O)[C@@H]2CCCN2C(=O)[C@@H](Cc2ccccc2)NC(=O)[C@H](CC(C)C)NC(=O)[C@H](CCC(=O)O)NC(=O)[C@H](C(C)C)NC(=O)[C@@H]2CCCN2C(=O)[C@@H](Cc2ccccc2)NC1=O. The van der Waals surface area contributed by atoms with E-state index in [1.807, 2.05) is 0 Å². The first-order chi connectivity index (χ1) is 39.7. The number of carboxylic acid groups (broad SMARTS) is 2. The minimum absolute atomic E-state index is 0.0192. The third-order valence-corrected chi connectivity index (χ3v) is 15.2. The van der Waals surface area contributed by atoms with E-state index < -0.39 is 169 Å². The summed E-state index contributed by atoms with van der Waals surface area (Å²) in [6, 6.07) is 4.04. The quantitative estimate of drug-likeness (QED) is 0.114. The zero-order chi connectivity index (χ0) is 61.9. The van der Waals surface area contributed by atoms with Crippen molar-refractivity contribution in [2.75, 3.05) is 13.1 Å². The lowest BCUT2D eigenvalue weighted by Crippen LogP contribution is -2.62. The molecular weight excluding hydrogens is 1080 g/mol. The van der Waals surface area contributed by atoms with E-state index in [0.29, 0.717) is 24.0 Å². The monoisotopic (exact) mass is 1170 g/mol. The van der Waals surface area contributed by atoms with Gasteiger partial charge in [0.25, 0.3) is 0 Å². The Bertz CT molecular complexity index is 2490. The first-order valence-electron chi connectivity index (χ1n) is 29.3. The number of hydrogen-bond donors (Lipinski definition) is 10. The summed E-state index contributed by atoms with van der Waals surface area (Å²) in [5, 5.41) is 41.2. The number of nitrogens with zero attached hydrogens (tertiary/aromatic N) is 2. The molecule has 10 atom stereocenters. The van der Waals surface area contributed by atoms with Gasteiger partial charge in [-0.25, -0.2) is 0 Å². The van der Waals surface area contributed by atoms with Gasteiger partial charge in [0.1, 0.15) is 60.4 Å². The van der Waals surface area contributed by atoms with Crippen LogP contribution in [0.2, 0.25) is 0 Å². The molecule has 10 amide bonds. The lowest BCUT2D eigenvalue weighted by molar-refractivity contribution is -0.143. The molecule has 0 saturated carbocycles. The number of carbonyl (C=O) groups excluding carboxylic acids is 10. The maximum Gasteiger partial charge on any atom is 0.303 e. The summed E-state index contributed by atoms with van der Waals surface area (Å²) in [5.74, 6) is -12.2. The van der Waals surface area contributed by atoms with E-state index in [9.17, 15) is 67.7 Å². The second kappa shape index (κ2) is 31.7. The van der Waals surface area contributed by atoms with Crippen LogP contribution in [0.1, 0.15) is 131 Å². The van der Waals surface area contributed by atoms with Crippen LogP contribution in [-0.2, 0) is 70.4 Å². The van der Waals surface area contributed by atoms with Crippen LogP contribution in [0.15, 0.2) is 60.7 Å².